The van der Waals surface area contributed by atoms with E-state index in [1.165, 1.54) is 0 Å². The van der Waals surface area contributed by atoms with Crippen molar-refractivity contribution in [2.24, 2.45) is 0 Å². The van der Waals surface area contributed by atoms with Gasteiger partial charge in [0.15, 0.2) is 0 Å². The second kappa shape index (κ2) is 5.97. The van der Waals surface area contributed by atoms with Gasteiger partial charge in [-0.25, -0.2) is 4.79 Å². The Labute approximate surface area is 109 Å². The quantitative estimate of drug-likeness (QED) is 0.630. The molecule has 0 amide bonds. The lowest BCUT2D eigenvalue weighted by Crippen LogP contribution is -2.30. The average Bonchev–Trinajstić information content (AvgIpc) is 2.64. The summed E-state index contributed by atoms with van der Waals surface area (Å²) in [6.07, 6.45) is -1.32. The van der Waals surface area contributed by atoms with Crippen molar-refractivity contribution in [3.8, 4) is 5.75 Å². The number of rotatable bonds is 6. The zero-order chi connectivity index (χ0) is 13.7. The molecule has 1 saturated heterocycles. The Morgan fingerprint density at radius 3 is 2.74 bits per heavy atom. The minimum Gasteiger partial charge on any atom is -0.492 e. The number of alkyl halides is 2. The highest BCUT2D eigenvalue weighted by atomic mass is 19.3. The molecule has 1 aromatic rings. The van der Waals surface area contributed by atoms with Crippen molar-refractivity contribution in [3.63, 3.8) is 0 Å². The van der Waals surface area contributed by atoms with E-state index < -0.39 is 24.4 Å². The molecule has 0 aromatic heterocycles. The zero-order valence-corrected chi connectivity index (χ0v) is 10.3. The fourth-order valence-corrected chi connectivity index (χ4v) is 1.78. The number of halogens is 2. The lowest BCUT2D eigenvalue weighted by Gasteiger charge is -2.10. The first-order valence-corrected chi connectivity index (χ1v) is 6.05. The molecule has 0 spiro atoms. The first kappa shape index (κ1) is 13.7. The predicted octanol–water partition coefficient (Wildman–Crippen LogP) is 1.61. The van der Waals surface area contributed by atoms with Gasteiger partial charge in [0.1, 0.15) is 18.5 Å². The van der Waals surface area contributed by atoms with Crippen molar-refractivity contribution < 1.29 is 23.0 Å². The summed E-state index contributed by atoms with van der Waals surface area (Å²) in [5, 5.41) is 2.92. The van der Waals surface area contributed by atoms with E-state index in [0.717, 1.165) is 5.75 Å². The first-order valence-electron chi connectivity index (χ1n) is 6.05. The maximum Gasteiger partial charge on any atom is 0.377 e. The van der Waals surface area contributed by atoms with E-state index >= 15 is 0 Å². The van der Waals surface area contributed by atoms with Gasteiger partial charge < -0.3 is 14.8 Å². The zero-order valence-electron chi connectivity index (χ0n) is 10.3. The number of nitrogens with one attached hydrogen (secondary N) is 1. The van der Waals surface area contributed by atoms with E-state index in [2.05, 4.69) is 10.1 Å². The maximum absolute atomic E-state index is 12.9. The Morgan fingerprint density at radius 1 is 1.37 bits per heavy atom. The van der Waals surface area contributed by atoms with Gasteiger partial charge in [0.2, 0.25) is 0 Å². The molecule has 1 heterocycles. The third-order valence-electron chi connectivity index (χ3n) is 2.72. The van der Waals surface area contributed by atoms with Crippen LogP contribution in [0.4, 0.5) is 8.78 Å². The van der Waals surface area contributed by atoms with Crippen LogP contribution in [0.3, 0.4) is 0 Å². The monoisotopic (exact) mass is 271 g/mol. The Morgan fingerprint density at radius 2 is 2.11 bits per heavy atom. The van der Waals surface area contributed by atoms with E-state index in [-0.39, 0.29) is 6.54 Å². The molecule has 1 fully saturated rings. The number of hydrogen-bond donors (Lipinski definition) is 1. The summed E-state index contributed by atoms with van der Waals surface area (Å²) >= 11 is 0. The van der Waals surface area contributed by atoms with Gasteiger partial charge in [0, 0.05) is 13.1 Å². The van der Waals surface area contributed by atoms with Crippen LogP contribution in [0.25, 0.3) is 0 Å². The first-order chi connectivity index (χ1) is 9.08. The summed E-state index contributed by atoms with van der Waals surface area (Å²) in [6, 6.07) is 9.28. The summed E-state index contributed by atoms with van der Waals surface area (Å²) in [6.45, 7) is 1.12. The van der Waals surface area contributed by atoms with E-state index in [1.54, 1.807) is 0 Å². The van der Waals surface area contributed by atoms with Crippen LogP contribution in [0.15, 0.2) is 30.3 Å². The Bertz CT molecular complexity index is 425. The molecule has 1 atom stereocenters. The second-order valence-electron chi connectivity index (χ2n) is 4.30. The van der Waals surface area contributed by atoms with E-state index in [1.807, 2.05) is 30.3 Å². The summed E-state index contributed by atoms with van der Waals surface area (Å²) in [5.41, 5.74) is 0. The Balaban J connectivity index is 1.59. The third-order valence-corrected chi connectivity index (χ3v) is 2.72. The molecule has 104 valence electrons. The lowest BCUT2D eigenvalue weighted by atomic mass is 10.2. The highest BCUT2D eigenvalue weighted by Crippen LogP contribution is 2.30. The number of para-hydroxylation sites is 1. The standard InChI is InChI=1S/C13H15F2NO3/c14-13(15)8-11(19-12(13)17)9-16-6-7-18-10-4-2-1-3-5-10/h1-5,11,16H,6-9H2. The molecule has 2 rings (SSSR count). The fraction of sp³-hybridized carbons (Fsp3) is 0.462. The van der Waals surface area contributed by atoms with E-state index in [4.69, 9.17) is 4.74 Å². The highest BCUT2D eigenvalue weighted by Gasteiger charge is 2.50. The SMILES string of the molecule is O=C1OC(CNCCOc2ccccc2)CC1(F)F. The number of carbonyl (C=O) groups excluding carboxylic acids is 1. The molecule has 1 aliphatic heterocycles. The molecular weight excluding hydrogens is 256 g/mol. The molecule has 0 radical (unpaired) electrons. The fourth-order valence-electron chi connectivity index (χ4n) is 1.78. The van der Waals surface area contributed by atoms with Crippen molar-refractivity contribution in [3.05, 3.63) is 30.3 Å². The molecule has 1 unspecified atom stereocenters. The molecule has 0 saturated carbocycles. The van der Waals surface area contributed by atoms with Crippen LogP contribution < -0.4 is 10.1 Å². The molecule has 1 aliphatic rings. The van der Waals surface area contributed by atoms with Crippen LogP contribution in [-0.2, 0) is 9.53 Å². The van der Waals surface area contributed by atoms with Gasteiger partial charge in [-0.3, -0.25) is 0 Å². The van der Waals surface area contributed by atoms with Crippen LogP contribution in [0.5, 0.6) is 5.75 Å². The molecule has 0 aliphatic carbocycles. The third kappa shape index (κ3) is 3.89. The smallest absolute Gasteiger partial charge is 0.377 e. The van der Waals surface area contributed by atoms with E-state index in [9.17, 15) is 13.6 Å². The maximum atomic E-state index is 12.9. The number of esters is 1. The van der Waals surface area contributed by atoms with Crippen molar-refractivity contribution in [2.75, 3.05) is 19.7 Å². The van der Waals surface area contributed by atoms with Crippen LogP contribution in [0.2, 0.25) is 0 Å². The Kier molecular flexibility index (Phi) is 4.31. The summed E-state index contributed by atoms with van der Waals surface area (Å²) < 4.78 is 35.7. The number of hydrogen-bond acceptors (Lipinski definition) is 4. The highest BCUT2D eigenvalue weighted by molar-refractivity contribution is 5.79. The molecule has 19 heavy (non-hydrogen) atoms. The van der Waals surface area contributed by atoms with Crippen molar-refractivity contribution in [1.82, 2.24) is 5.32 Å². The van der Waals surface area contributed by atoms with Gasteiger partial charge in [-0.05, 0) is 12.1 Å². The Hall–Kier alpha value is -1.69. The number of ether oxygens (including phenoxy) is 2. The lowest BCUT2D eigenvalue weighted by molar-refractivity contribution is -0.159. The molecular formula is C13H15F2NO3. The van der Waals surface area contributed by atoms with Gasteiger partial charge in [0.05, 0.1) is 6.42 Å². The molecule has 0 bridgehead atoms. The van der Waals surface area contributed by atoms with Crippen molar-refractivity contribution >= 4 is 5.97 Å². The second-order valence-corrected chi connectivity index (χ2v) is 4.30. The van der Waals surface area contributed by atoms with Gasteiger partial charge in [-0.15, -0.1) is 0 Å². The normalized spacial score (nSPS) is 21.2. The molecule has 1 N–H and O–H groups in total. The number of carbonyl (C=O) groups is 1. The van der Waals surface area contributed by atoms with Gasteiger partial charge in [-0.2, -0.15) is 8.78 Å². The van der Waals surface area contributed by atoms with Crippen LogP contribution in [0, 0.1) is 0 Å². The summed E-state index contributed by atoms with van der Waals surface area (Å²) in [4.78, 5) is 10.8. The van der Waals surface area contributed by atoms with Gasteiger partial charge in [0.25, 0.3) is 0 Å². The van der Waals surface area contributed by atoms with Crippen molar-refractivity contribution in [1.29, 1.82) is 0 Å². The molecule has 6 heteroatoms. The predicted molar refractivity (Wildman–Crippen MR) is 64.3 cm³/mol. The minimum absolute atomic E-state index is 0.208. The van der Waals surface area contributed by atoms with E-state index in [0.29, 0.717) is 13.2 Å². The van der Waals surface area contributed by atoms with Crippen LogP contribution in [0.1, 0.15) is 6.42 Å². The average molecular weight is 271 g/mol. The molecule has 1 aromatic carbocycles. The molecule has 4 nitrogen and oxygen atoms in total. The minimum atomic E-state index is -3.34. The van der Waals surface area contributed by atoms with Gasteiger partial charge >= 0.3 is 11.9 Å². The number of cyclic esters (lactones) is 1. The van der Waals surface area contributed by atoms with Gasteiger partial charge in [-0.1, -0.05) is 18.2 Å². The van der Waals surface area contributed by atoms with Crippen LogP contribution in [-0.4, -0.2) is 37.7 Å². The summed E-state index contributed by atoms with van der Waals surface area (Å²) in [5.74, 6) is -4.02. The van der Waals surface area contributed by atoms with Crippen LogP contribution >= 0.6 is 0 Å². The summed E-state index contributed by atoms with van der Waals surface area (Å²) in [7, 11) is 0. The number of benzene rings is 1. The largest absolute Gasteiger partial charge is 0.492 e. The van der Waals surface area contributed by atoms with Crippen molar-refractivity contribution in [2.45, 2.75) is 18.4 Å². The topological polar surface area (TPSA) is 47.6 Å².